The Morgan fingerprint density at radius 1 is 1.23 bits per heavy atom. The summed E-state index contributed by atoms with van der Waals surface area (Å²) < 4.78 is 0. The van der Waals surface area contributed by atoms with E-state index in [2.05, 4.69) is 20.6 Å². The van der Waals surface area contributed by atoms with E-state index < -0.39 is 0 Å². The Morgan fingerprint density at radius 2 is 2.05 bits per heavy atom. The molecule has 2 N–H and O–H groups in total. The van der Waals surface area contributed by atoms with Gasteiger partial charge in [0.1, 0.15) is 5.82 Å². The predicted molar refractivity (Wildman–Crippen MR) is 86.3 cm³/mol. The molecular weight excluding hydrogens is 300 g/mol. The van der Waals surface area contributed by atoms with Crippen LogP contribution >= 0.6 is 11.6 Å². The number of hydrogen-bond acceptors (Lipinski definition) is 4. The second-order valence-electron chi connectivity index (χ2n) is 5.31. The molecule has 0 aromatic carbocycles. The maximum Gasteiger partial charge on any atom is 0.256 e. The van der Waals surface area contributed by atoms with E-state index >= 15 is 0 Å². The van der Waals surface area contributed by atoms with Crippen LogP contribution in [0.2, 0.25) is 5.02 Å². The van der Waals surface area contributed by atoms with Crippen molar-refractivity contribution in [3.05, 3.63) is 52.9 Å². The monoisotopic (exact) mass is 316 g/mol. The zero-order valence-electron chi connectivity index (χ0n) is 12.1. The third kappa shape index (κ3) is 3.61. The highest BCUT2D eigenvalue weighted by molar-refractivity contribution is 6.30. The lowest BCUT2D eigenvalue weighted by atomic mass is 9.93. The summed E-state index contributed by atoms with van der Waals surface area (Å²) in [7, 11) is 0. The van der Waals surface area contributed by atoms with E-state index in [9.17, 15) is 4.79 Å². The molecule has 2 aromatic heterocycles. The van der Waals surface area contributed by atoms with Gasteiger partial charge in [0.05, 0.1) is 5.02 Å². The average molecular weight is 317 g/mol. The van der Waals surface area contributed by atoms with Gasteiger partial charge in [0, 0.05) is 29.6 Å². The number of rotatable bonds is 3. The minimum atomic E-state index is -0.188. The molecule has 2 aromatic rings. The summed E-state index contributed by atoms with van der Waals surface area (Å²) in [6, 6.07) is 6.96. The molecule has 1 saturated heterocycles. The van der Waals surface area contributed by atoms with Crippen molar-refractivity contribution in [2.45, 2.75) is 18.8 Å². The standard InChI is InChI=1S/C16H17ClN4O/c17-13-1-2-15(20-10-13)21-16(22)12-5-8-19-14(9-12)11-3-6-18-7-4-11/h1-2,5,8-11,18H,3-4,6-7H2,(H,20,21,22). The molecule has 0 unspecified atom stereocenters. The molecular formula is C16H17ClN4O. The Morgan fingerprint density at radius 3 is 2.77 bits per heavy atom. The summed E-state index contributed by atoms with van der Waals surface area (Å²) in [5.41, 5.74) is 1.58. The van der Waals surface area contributed by atoms with Gasteiger partial charge < -0.3 is 10.6 Å². The Kier molecular flexibility index (Phi) is 4.65. The van der Waals surface area contributed by atoms with Crippen LogP contribution in [-0.4, -0.2) is 29.0 Å². The zero-order valence-corrected chi connectivity index (χ0v) is 12.8. The smallest absolute Gasteiger partial charge is 0.256 e. The topological polar surface area (TPSA) is 66.9 Å². The Bertz CT molecular complexity index is 653. The molecule has 6 heteroatoms. The third-order valence-corrected chi connectivity index (χ3v) is 3.99. The van der Waals surface area contributed by atoms with E-state index in [1.807, 2.05) is 6.07 Å². The van der Waals surface area contributed by atoms with E-state index in [1.165, 1.54) is 6.20 Å². The number of nitrogens with one attached hydrogen (secondary N) is 2. The number of halogens is 1. The number of carbonyl (C=O) groups is 1. The minimum absolute atomic E-state index is 0.188. The number of carbonyl (C=O) groups excluding carboxylic acids is 1. The van der Waals surface area contributed by atoms with Gasteiger partial charge in [-0.15, -0.1) is 0 Å². The molecule has 0 saturated carbocycles. The van der Waals surface area contributed by atoms with Crippen molar-refractivity contribution in [2.75, 3.05) is 18.4 Å². The van der Waals surface area contributed by atoms with Gasteiger partial charge in [-0.2, -0.15) is 0 Å². The Labute approximate surface area is 134 Å². The molecule has 1 amide bonds. The van der Waals surface area contributed by atoms with Crippen LogP contribution in [0.5, 0.6) is 0 Å². The van der Waals surface area contributed by atoms with Crippen LogP contribution in [0.25, 0.3) is 0 Å². The van der Waals surface area contributed by atoms with E-state index in [1.54, 1.807) is 24.4 Å². The number of pyridine rings is 2. The SMILES string of the molecule is O=C(Nc1ccc(Cl)cn1)c1ccnc(C2CCNCC2)c1. The van der Waals surface area contributed by atoms with Crippen LogP contribution in [0.3, 0.4) is 0 Å². The number of anilines is 1. The lowest BCUT2D eigenvalue weighted by Gasteiger charge is -2.22. The molecule has 0 atom stereocenters. The molecule has 0 spiro atoms. The van der Waals surface area contributed by atoms with Crippen molar-refractivity contribution < 1.29 is 4.79 Å². The molecule has 1 aliphatic rings. The Balaban J connectivity index is 1.73. The Hall–Kier alpha value is -1.98. The van der Waals surface area contributed by atoms with Crippen molar-refractivity contribution in [1.82, 2.24) is 15.3 Å². The molecule has 1 aliphatic heterocycles. The number of nitrogens with zero attached hydrogens (tertiary/aromatic N) is 2. The summed E-state index contributed by atoms with van der Waals surface area (Å²) in [4.78, 5) is 20.8. The molecule has 114 valence electrons. The van der Waals surface area contributed by atoms with Gasteiger partial charge in [-0.1, -0.05) is 11.6 Å². The lowest BCUT2D eigenvalue weighted by Crippen LogP contribution is -2.27. The first kappa shape index (κ1) is 14.9. The third-order valence-electron chi connectivity index (χ3n) is 3.77. The summed E-state index contributed by atoms with van der Waals surface area (Å²) >= 11 is 5.78. The van der Waals surface area contributed by atoms with Gasteiger partial charge >= 0.3 is 0 Å². The van der Waals surface area contributed by atoms with Gasteiger partial charge in [-0.05, 0) is 50.2 Å². The largest absolute Gasteiger partial charge is 0.317 e. The number of amides is 1. The van der Waals surface area contributed by atoms with Crippen LogP contribution in [-0.2, 0) is 0 Å². The molecule has 3 rings (SSSR count). The van der Waals surface area contributed by atoms with Crippen LogP contribution in [0.4, 0.5) is 5.82 Å². The van der Waals surface area contributed by atoms with Crippen LogP contribution in [0.1, 0.15) is 34.8 Å². The highest BCUT2D eigenvalue weighted by Crippen LogP contribution is 2.24. The number of hydrogen-bond donors (Lipinski definition) is 2. The molecule has 3 heterocycles. The van der Waals surface area contributed by atoms with Gasteiger partial charge in [-0.25, -0.2) is 4.98 Å². The fourth-order valence-electron chi connectivity index (χ4n) is 2.57. The first-order chi connectivity index (χ1) is 10.7. The maximum absolute atomic E-state index is 12.3. The molecule has 22 heavy (non-hydrogen) atoms. The summed E-state index contributed by atoms with van der Waals surface area (Å²) in [5.74, 6) is 0.713. The van der Waals surface area contributed by atoms with Crippen molar-refractivity contribution in [3.8, 4) is 0 Å². The summed E-state index contributed by atoms with van der Waals surface area (Å²) in [6.45, 7) is 1.99. The van der Waals surface area contributed by atoms with Crippen molar-refractivity contribution in [2.24, 2.45) is 0 Å². The maximum atomic E-state index is 12.3. The second kappa shape index (κ2) is 6.85. The first-order valence-corrected chi connectivity index (χ1v) is 7.70. The minimum Gasteiger partial charge on any atom is -0.317 e. The van der Waals surface area contributed by atoms with Crippen molar-refractivity contribution in [3.63, 3.8) is 0 Å². The molecule has 1 fully saturated rings. The van der Waals surface area contributed by atoms with Gasteiger partial charge in [0.2, 0.25) is 0 Å². The van der Waals surface area contributed by atoms with Crippen molar-refractivity contribution in [1.29, 1.82) is 0 Å². The fourth-order valence-corrected chi connectivity index (χ4v) is 2.68. The summed E-state index contributed by atoms with van der Waals surface area (Å²) in [5, 5.41) is 6.64. The molecule has 0 radical (unpaired) electrons. The van der Waals surface area contributed by atoms with Crippen molar-refractivity contribution >= 4 is 23.3 Å². The highest BCUT2D eigenvalue weighted by atomic mass is 35.5. The summed E-state index contributed by atoms with van der Waals surface area (Å²) in [6.07, 6.45) is 5.30. The molecule has 0 bridgehead atoms. The number of piperidine rings is 1. The van der Waals surface area contributed by atoms with Gasteiger partial charge in [0.25, 0.3) is 5.91 Å². The van der Waals surface area contributed by atoms with E-state index in [4.69, 9.17) is 11.6 Å². The van der Waals surface area contributed by atoms with Crippen LogP contribution in [0, 0.1) is 0 Å². The first-order valence-electron chi connectivity index (χ1n) is 7.32. The lowest BCUT2D eigenvalue weighted by molar-refractivity contribution is 0.102. The second-order valence-corrected chi connectivity index (χ2v) is 5.75. The zero-order chi connectivity index (χ0) is 15.4. The fraction of sp³-hybridized carbons (Fsp3) is 0.312. The number of aromatic nitrogens is 2. The normalized spacial score (nSPS) is 15.5. The van der Waals surface area contributed by atoms with Crippen LogP contribution in [0.15, 0.2) is 36.7 Å². The quantitative estimate of drug-likeness (QED) is 0.913. The average Bonchev–Trinajstić information content (AvgIpc) is 2.58. The van der Waals surface area contributed by atoms with E-state index in [0.717, 1.165) is 31.6 Å². The predicted octanol–water partition coefficient (Wildman–Crippen LogP) is 2.85. The van der Waals surface area contributed by atoms with E-state index in [0.29, 0.717) is 22.3 Å². The molecule has 5 nitrogen and oxygen atoms in total. The van der Waals surface area contributed by atoms with Gasteiger partial charge in [0.15, 0.2) is 0 Å². The molecule has 0 aliphatic carbocycles. The van der Waals surface area contributed by atoms with Gasteiger partial charge in [-0.3, -0.25) is 9.78 Å². The van der Waals surface area contributed by atoms with E-state index in [-0.39, 0.29) is 5.91 Å². The van der Waals surface area contributed by atoms with Crippen LogP contribution < -0.4 is 10.6 Å². The highest BCUT2D eigenvalue weighted by Gasteiger charge is 2.18.